The molecule has 2 aromatic carbocycles. The number of anilines is 1. The van der Waals surface area contributed by atoms with Crippen LogP contribution in [0.25, 0.3) is 21.3 Å². The number of hydrogen-bond acceptors (Lipinski definition) is 7. The van der Waals surface area contributed by atoms with E-state index in [1.165, 1.54) is 0 Å². The average Bonchev–Trinajstić information content (AvgIpc) is 3.19. The van der Waals surface area contributed by atoms with Gasteiger partial charge in [-0.05, 0) is 59.5 Å². The number of nitrogens with zero attached hydrogens (tertiary/aromatic N) is 2. The molecule has 3 N–H and O–H groups in total. The molecule has 2 aromatic heterocycles. The Balaban J connectivity index is 1.61. The van der Waals surface area contributed by atoms with Gasteiger partial charge in [0.2, 0.25) is 0 Å². The van der Waals surface area contributed by atoms with E-state index in [1.54, 1.807) is 30.8 Å². The molecule has 148 valence electrons. The maximum Gasteiger partial charge on any atom is 0.184 e. The van der Waals surface area contributed by atoms with Gasteiger partial charge in [0.05, 0.1) is 23.4 Å². The third kappa shape index (κ3) is 4.54. The van der Waals surface area contributed by atoms with E-state index in [-0.39, 0.29) is 6.04 Å². The standard InChI is InChI=1S/C22H22N4O2S/c1-28-18-4-2-3-17(13-18)19(9-12-24-27)25-22-26-20-6-5-16(14-21(20)29-22)15-7-10-23-11-8-15/h2-8,10-11,13-14,19,24,27H,9,12H2,1H3,(H,25,26). The topological polar surface area (TPSA) is 79.3 Å². The van der Waals surface area contributed by atoms with E-state index in [4.69, 9.17) is 14.9 Å². The zero-order valence-corrected chi connectivity index (χ0v) is 16.8. The van der Waals surface area contributed by atoms with Crippen molar-refractivity contribution in [3.05, 3.63) is 72.6 Å². The molecule has 4 rings (SSSR count). The summed E-state index contributed by atoms with van der Waals surface area (Å²) in [5.74, 6) is 0.803. The van der Waals surface area contributed by atoms with Crippen LogP contribution in [0.5, 0.6) is 5.75 Å². The van der Waals surface area contributed by atoms with E-state index in [0.29, 0.717) is 13.0 Å². The molecule has 29 heavy (non-hydrogen) atoms. The number of methoxy groups -OCH3 is 1. The predicted octanol–water partition coefficient (Wildman–Crippen LogP) is 4.89. The lowest BCUT2D eigenvalue weighted by Gasteiger charge is -2.19. The third-order valence-electron chi connectivity index (χ3n) is 4.74. The number of fused-ring (bicyclic) bond motifs is 1. The number of hydrogen-bond donors (Lipinski definition) is 3. The van der Waals surface area contributed by atoms with Crippen LogP contribution in [0.3, 0.4) is 0 Å². The molecular weight excluding hydrogens is 384 g/mol. The number of rotatable bonds is 8. The van der Waals surface area contributed by atoms with Crippen molar-refractivity contribution in [1.29, 1.82) is 0 Å². The molecule has 4 aromatic rings. The molecule has 0 amide bonds. The molecule has 0 aliphatic rings. The molecule has 0 radical (unpaired) electrons. The second-order valence-corrected chi connectivity index (χ2v) is 7.64. The van der Waals surface area contributed by atoms with Gasteiger partial charge in [0.1, 0.15) is 5.75 Å². The minimum absolute atomic E-state index is 0.00928. The quantitative estimate of drug-likeness (QED) is 0.362. The summed E-state index contributed by atoms with van der Waals surface area (Å²) >= 11 is 1.62. The molecule has 0 saturated heterocycles. The van der Waals surface area contributed by atoms with Crippen molar-refractivity contribution >= 4 is 26.7 Å². The van der Waals surface area contributed by atoms with Crippen molar-refractivity contribution in [2.45, 2.75) is 12.5 Å². The number of aromatic nitrogens is 2. The Hall–Kier alpha value is -3.00. The molecule has 1 atom stereocenters. The molecule has 0 aliphatic carbocycles. The highest BCUT2D eigenvalue weighted by Gasteiger charge is 2.15. The zero-order valence-electron chi connectivity index (χ0n) is 16.0. The summed E-state index contributed by atoms with van der Waals surface area (Å²) < 4.78 is 6.47. The van der Waals surface area contributed by atoms with Gasteiger partial charge in [0.25, 0.3) is 0 Å². The SMILES string of the molecule is COc1cccc(C(CCNO)Nc2nc3ccc(-c4ccncc4)cc3s2)c1. The fourth-order valence-corrected chi connectivity index (χ4v) is 4.21. The van der Waals surface area contributed by atoms with Crippen molar-refractivity contribution in [2.75, 3.05) is 19.0 Å². The summed E-state index contributed by atoms with van der Waals surface area (Å²) in [6, 6.07) is 18.2. The van der Waals surface area contributed by atoms with E-state index >= 15 is 0 Å². The van der Waals surface area contributed by atoms with E-state index in [9.17, 15) is 0 Å². The lowest BCUT2D eigenvalue weighted by Crippen LogP contribution is -2.18. The van der Waals surface area contributed by atoms with E-state index in [0.717, 1.165) is 37.8 Å². The summed E-state index contributed by atoms with van der Waals surface area (Å²) in [5.41, 5.74) is 6.55. The predicted molar refractivity (Wildman–Crippen MR) is 117 cm³/mol. The Morgan fingerprint density at radius 1 is 1.07 bits per heavy atom. The van der Waals surface area contributed by atoms with E-state index in [1.807, 2.05) is 42.5 Å². The first-order chi connectivity index (χ1) is 14.3. The molecule has 0 fully saturated rings. The number of nitrogens with one attached hydrogen (secondary N) is 2. The Morgan fingerprint density at radius 3 is 2.72 bits per heavy atom. The minimum atomic E-state index is -0.00928. The van der Waals surface area contributed by atoms with Crippen LogP contribution in [-0.4, -0.2) is 28.8 Å². The van der Waals surface area contributed by atoms with Crippen LogP contribution in [0.1, 0.15) is 18.0 Å². The van der Waals surface area contributed by atoms with Crippen LogP contribution in [0.4, 0.5) is 5.13 Å². The highest BCUT2D eigenvalue weighted by molar-refractivity contribution is 7.22. The molecular formula is C22H22N4O2S. The summed E-state index contributed by atoms with van der Waals surface area (Å²) in [4.78, 5) is 8.83. The minimum Gasteiger partial charge on any atom is -0.497 e. The van der Waals surface area contributed by atoms with Crippen molar-refractivity contribution in [3.63, 3.8) is 0 Å². The highest BCUT2D eigenvalue weighted by Crippen LogP contribution is 2.33. The summed E-state index contributed by atoms with van der Waals surface area (Å²) in [6.07, 6.45) is 4.29. The fourth-order valence-electron chi connectivity index (χ4n) is 3.25. The van der Waals surface area contributed by atoms with Gasteiger partial charge in [0.15, 0.2) is 5.13 Å². The molecule has 0 aliphatic heterocycles. The van der Waals surface area contributed by atoms with Gasteiger partial charge in [-0.25, -0.2) is 10.5 Å². The number of benzene rings is 2. The zero-order chi connectivity index (χ0) is 20.1. The first-order valence-corrected chi connectivity index (χ1v) is 10.2. The van der Waals surface area contributed by atoms with Gasteiger partial charge < -0.3 is 15.3 Å². The van der Waals surface area contributed by atoms with Crippen LogP contribution in [0.15, 0.2) is 67.0 Å². The second kappa shape index (κ2) is 9.00. The Bertz CT molecular complexity index is 1080. The highest BCUT2D eigenvalue weighted by atomic mass is 32.1. The number of pyridine rings is 1. The van der Waals surface area contributed by atoms with Crippen LogP contribution in [-0.2, 0) is 0 Å². The summed E-state index contributed by atoms with van der Waals surface area (Å²) in [6.45, 7) is 0.464. The molecule has 2 heterocycles. The lowest BCUT2D eigenvalue weighted by atomic mass is 10.0. The lowest BCUT2D eigenvalue weighted by molar-refractivity contribution is 0.164. The molecule has 0 saturated carbocycles. The van der Waals surface area contributed by atoms with E-state index in [2.05, 4.69) is 27.9 Å². The third-order valence-corrected chi connectivity index (χ3v) is 5.69. The van der Waals surface area contributed by atoms with Crippen molar-refractivity contribution < 1.29 is 9.94 Å². The number of thiazole rings is 1. The smallest absolute Gasteiger partial charge is 0.184 e. The normalized spacial score (nSPS) is 12.1. The Morgan fingerprint density at radius 2 is 1.93 bits per heavy atom. The molecule has 0 spiro atoms. The van der Waals surface area contributed by atoms with Crippen molar-refractivity contribution in [1.82, 2.24) is 15.4 Å². The van der Waals surface area contributed by atoms with Gasteiger partial charge >= 0.3 is 0 Å². The van der Waals surface area contributed by atoms with Crippen LogP contribution < -0.4 is 15.5 Å². The van der Waals surface area contributed by atoms with Gasteiger partial charge in [-0.1, -0.05) is 29.5 Å². The first kappa shape index (κ1) is 19.3. The van der Waals surface area contributed by atoms with Crippen LogP contribution in [0, 0.1) is 0 Å². The average molecular weight is 407 g/mol. The van der Waals surface area contributed by atoms with Gasteiger partial charge in [-0.3, -0.25) is 4.98 Å². The second-order valence-electron chi connectivity index (χ2n) is 6.61. The molecule has 6 nitrogen and oxygen atoms in total. The van der Waals surface area contributed by atoms with Gasteiger partial charge in [0, 0.05) is 18.9 Å². The summed E-state index contributed by atoms with van der Waals surface area (Å²) in [7, 11) is 1.66. The number of ether oxygens (including phenoxy) is 1. The maximum atomic E-state index is 9.06. The van der Waals surface area contributed by atoms with Gasteiger partial charge in [-0.2, -0.15) is 0 Å². The maximum absolute atomic E-state index is 9.06. The molecule has 0 bridgehead atoms. The first-order valence-electron chi connectivity index (χ1n) is 9.35. The van der Waals surface area contributed by atoms with Gasteiger partial charge in [-0.15, -0.1) is 0 Å². The number of hydroxylamine groups is 1. The van der Waals surface area contributed by atoms with Crippen molar-refractivity contribution in [3.8, 4) is 16.9 Å². The Labute approximate surface area is 173 Å². The summed E-state index contributed by atoms with van der Waals surface area (Å²) in [5, 5.41) is 13.4. The monoisotopic (exact) mass is 406 g/mol. The molecule has 1 unspecified atom stereocenters. The molecule has 7 heteroatoms. The largest absolute Gasteiger partial charge is 0.497 e. The fraction of sp³-hybridized carbons (Fsp3) is 0.182. The Kier molecular flexibility index (Phi) is 6.00. The van der Waals surface area contributed by atoms with Crippen molar-refractivity contribution in [2.24, 2.45) is 0 Å². The van der Waals surface area contributed by atoms with E-state index < -0.39 is 0 Å². The van der Waals surface area contributed by atoms with Crippen LogP contribution >= 0.6 is 11.3 Å². The van der Waals surface area contributed by atoms with Crippen LogP contribution in [0.2, 0.25) is 0 Å².